The van der Waals surface area contributed by atoms with Gasteiger partial charge in [-0.1, -0.05) is 6.07 Å². The molecule has 0 atom stereocenters. The van der Waals surface area contributed by atoms with Gasteiger partial charge in [-0.2, -0.15) is 12.7 Å². The Labute approximate surface area is 108 Å². The first-order valence-corrected chi connectivity index (χ1v) is 7.38. The zero-order valence-corrected chi connectivity index (χ0v) is 11.7. The van der Waals surface area contributed by atoms with Gasteiger partial charge in [-0.05, 0) is 38.0 Å². The van der Waals surface area contributed by atoms with E-state index in [0.717, 1.165) is 12.0 Å². The summed E-state index contributed by atoms with van der Waals surface area (Å²) in [5, 5.41) is 0. The Balaban J connectivity index is 2.42. The Morgan fingerprint density at radius 3 is 2.67 bits per heavy atom. The minimum atomic E-state index is -3.46. The van der Waals surface area contributed by atoms with Crippen LogP contribution in [0.1, 0.15) is 19.4 Å². The van der Waals surface area contributed by atoms with E-state index in [1.807, 2.05) is 19.9 Å². The van der Waals surface area contributed by atoms with Crippen LogP contribution in [0.5, 0.6) is 0 Å². The highest BCUT2D eigenvalue weighted by atomic mass is 32.2. The van der Waals surface area contributed by atoms with Crippen LogP contribution in [0.4, 0.5) is 11.4 Å². The third kappa shape index (κ3) is 2.06. The number of nitrogens with zero attached hydrogens (tertiary/aromatic N) is 2. The van der Waals surface area contributed by atoms with E-state index in [-0.39, 0.29) is 6.04 Å². The van der Waals surface area contributed by atoms with Crippen molar-refractivity contribution >= 4 is 21.6 Å². The Kier molecular flexibility index (Phi) is 3.25. The molecule has 0 aromatic heterocycles. The summed E-state index contributed by atoms with van der Waals surface area (Å²) in [6.45, 7) is 4.19. The summed E-state index contributed by atoms with van der Waals surface area (Å²) >= 11 is 0. The van der Waals surface area contributed by atoms with Crippen molar-refractivity contribution in [3.8, 4) is 0 Å². The molecule has 0 saturated heterocycles. The normalized spacial score (nSPS) is 15.5. The molecule has 2 rings (SSSR count). The molecule has 0 fully saturated rings. The molecule has 0 spiro atoms. The van der Waals surface area contributed by atoms with Crippen LogP contribution in [0.25, 0.3) is 0 Å². The Bertz CT molecular complexity index is 554. The molecule has 18 heavy (non-hydrogen) atoms. The van der Waals surface area contributed by atoms with Gasteiger partial charge in [-0.3, -0.25) is 4.31 Å². The first-order valence-electron chi connectivity index (χ1n) is 5.98. The highest BCUT2D eigenvalue weighted by Crippen LogP contribution is 2.33. The molecule has 0 radical (unpaired) electrons. The van der Waals surface area contributed by atoms with Crippen LogP contribution in [-0.2, 0) is 16.6 Å². The number of anilines is 2. The molecule has 1 aliphatic rings. The summed E-state index contributed by atoms with van der Waals surface area (Å²) in [4.78, 5) is 0. The van der Waals surface area contributed by atoms with Crippen molar-refractivity contribution in [2.75, 3.05) is 23.6 Å². The number of nitrogen functional groups attached to an aromatic ring is 1. The second kappa shape index (κ2) is 4.44. The lowest BCUT2D eigenvalue weighted by molar-refractivity contribution is 0.408. The Hall–Kier alpha value is -1.27. The second-order valence-electron chi connectivity index (χ2n) is 4.83. The number of hydrogen-bond acceptors (Lipinski definition) is 3. The average Bonchev–Trinajstić information content (AvgIpc) is 2.71. The van der Waals surface area contributed by atoms with Crippen molar-refractivity contribution in [2.24, 2.45) is 0 Å². The fourth-order valence-electron chi connectivity index (χ4n) is 2.03. The molecule has 1 aromatic carbocycles. The van der Waals surface area contributed by atoms with Crippen LogP contribution < -0.4 is 10.0 Å². The van der Waals surface area contributed by atoms with Crippen LogP contribution in [0, 0.1) is 0 Å². The maximum absolute atomic E-state index is 12.5. The summed E-state index contributed by atoms with van der Waals surface area (Å²) in [6.07, 6.45) is 0.737. The summed E-state index contributed by atoms with van der Waals surface area (Å²) in [6, 6.07) is 5.37. The molecule has 0 amide bonds. The molecule has 100 valence electrons. The minimum Gasteiger partial charge on any atom is -0.399 e. The van der Waals surface area contributed by atoms with Gasteiger partial charge in [0.1, 0.15) is 0 Å². The molecular weight excluding hydrogens is 250 g/mol. The van der Waals surface area contributed by atoms with Crippen LogP contribution in [-0.4, -0.2) is 32.4 Å². The van der Waals surface area contributed by atoms with Gasteiger partial charge in [0, 0.05) is 25.3 Å². The fraction of sp³-hybridized carbons (Fsp3) is 0.500. The van der Waals surface area contributed by atoms with Gasteiger partial charge in [-0.15, -0.1) is 0 Å². The van der Waals surface area contributed by atoms with Crippen molar-refractivity contribution in [1.29, 1.82) is 0 Å². The molecular formula is C12H19N3O2S. The number of hydrogen-bond donors (Lipinski definition) is 1. The van der Waals surface area contributed by atoms with E-state index in [1.165, 1.54) is 8.61 Å². The minimum absolute atomic E-state index is 0.0693. The third-order valence-corrected chi connectivity index (χ3v) is 5.42. The molecule has 1 aromatic rings. The zero-order chi connectivity index (χ0) is 13.5. The van der Waals surface area contributed by atoms with Gasteiger partial charge in [0.25, 0.3) is 0 Å². The number of nitrogens with two attached hydrogens (primary N) is 1. The largest absolute Gasteiger partial charge is 0.399 e. The number of rotatable bonds is 3. The maximum atomic E-state index is 12.5. The quantitative estimate of drug-likeness (QED) is 0.839. The maximum Gasteiger partial charge on any atom is 0.304 e. The molecule has 0 unspecified atom stereocenters. The predicted molar refractivity (Wildman–Crippen MR) is 73.7 cm³/mol. The second-order valence-corrected chi connectivity index (χ2v) is 6.74. The molecule has 0 saturated carbocycles. The first-order chi connectivity index (χ1) is 8.34. The van der Waals surface area contributed by atoms with Crippen molar-refractivity contribution in [2.45, 2.75) is 26.3 Å². The van der Waals surface area contributed by atoms with E-state index in [0.29, 0.717) is 17.9 Å². The summed E-state index contributed by atoms with van der Waals surface area (Å²) in [7, 11) is -1.86. The smallest absolute Gasteiger partial charge is 0.304 e. The lowest BCUT2D eigenvalue weighted by Gasteiger charge is -2.28. The topological polar surface area (TPSA) is 66.6 Å². The van der Waals surface area contributed by atoms with E-state index in [9.17, 15) is 8.42 Å². The standard InChI is InChI=1S/C12H19N3O2S/c1-9(2)14(3)18(16,17)15-7-6-10-4-5-11(13)8-12(10)15/h4-5,8-9H,6-7,13H2,1-3H3. The van der Waals surface area contributed by atoms with Gasteiger partial charge in [0.05, 0.1) is 5.69 Å². The van der Waals surface area contributed by atoms with Crippen LogP contribution in [0.2, 0.25) is 0 Å². The summed E-state index contributed by atoms with van der Waals surface area (Å²) in [5.74, 6) is 0. The molecule has 6 heteroatoms. The molecule has 5 nitrogen and oxygen atoms in total. The highest BCUT2D eigenvalue weighted by Gasteiger charge is 2.33. The van der Waals surface area contributed by atoms with Crippen LogP contribution in [0.15, 0.2) is 18.2 Å². The predicted octanol–water partition coefficient (Wildman–Crippen LogP) is 1.22. The Morgan fingerprint density at radius 1 is 1.39 bits per heavy atom. The fourth-order valence-corrected chi connectivity index (χ4v) is 3.61. The van der Waals surface area contributed by atoms with Gasteiger partial charge in [0.15, 0.2) is 0 Å². The lowest BCUT2D eigenvalue weighted by atomic mass is 10.1. The van der Waals surface area contributed by atoms with Gasteiger partial charge in [-0.25, -0.2) is 0 Å². The molecule has 0 aliphatic carbocycles. The third-order valence-electron chi connectivity index (χ3n) is 3.33. The van der Waals surface area contributed by atoms with Crippen molar-refractivity contribution in [3.05, 3.63) is 23.8 Å². The number of benzene rings is 1. The molecule has 2 N–H and O–H groups in total. The van der Waals surface area contributed by atoms with Crippen molar-refractivity contribution < 1.29 is 8.42 Å². The molecule has 1 heterocycles. The van der Waals surface area contributed by atoms with Crippen molar-refractivity contribution in [3.63, 3.8) is 0 Å². The summed E-state index contributed by atoms with van der Waals surface area (Å²) < 4.78 is 27.7. The first kappa shape index (κ1) is 13.2. The van der Waals surface area contributed by atoms with E-state index in [1.54, 1.807) is 19.2 Å². The number of fused-ring (bicyclic) bond motifs is 1. The summed E-state index contributed by atoms with van der Waals surface area (Å²) in [5.41, 5.74) is 8.07. The highest BCUT2D eigenvalue weighted by molar-refractivity contribution is 7.90. The van der Waals surface area contributed by atoms with E-state index >= 15 is 0 Å². The zero-order valence-electron chi connectivity index (χ0n) is 10.9. The van der Waals surface area contributed by atoms with Crippen molar-refractivity contribution in [1.82, 2.24) is 4.31 Å². The van der Waals surface area contributed by atoms with E-state index < -0.39 is 10.2 Å². The van der Waals surface area contributed by atoms with Gasteiger partial charge < -0.3 is 5.73 Å². The van der Waals surface area contributed by atoms with Gasteiger partial charge >= 0.3 is 10.2 Å². The molecule has 1 aliphatic heterocycles. The molecule has 0 bridgehead atoms. The van der Waals surface area contributed by atoms with Gasteiger partial charge in [0.2, 0.25) is 0 Å². The average molecular weight is 269 g/mol. The van der Waals surface area contributed by atoms with E-state index in [4.69, 9.17) is 5.73 Å². The van der Waals surface area contributed by atoms with E-state index in [2.05, 4.69) is 0 Å². The Morgan fingerprint density at radius 2 is 2.06 bits per heavy atom. The SMILES string of the molecule is CC(C)N(C)S(=O)(=O)N1CCc2ccc(N)cc21. The lowest BCUT2D eigenvalue weighted by Crippen LogP contribution is -2.44. The van der Waals surface area contributed by atoms with Crippen LogP contribution >= 0.6 is 0 Å². The monoisotopic (exact) mass is 269 g/mol. The van der Waals surface area contributed by atoms with Crippen LogP contribution in [0.3, 0.4) is 0 Å².